The third kappa shape index (κ3) is 8.55. The maximum absolute atomic E-state index is 11.5. The number of aliphatic carboxylic acids is 1. The van der Waals surface area contributed by atoms with Crippen LogP contribution in [-0.2, 0) is 24.3 Å². The molecule has 7 nitrogen and oxygen atoms in total. The molecule has 2 unspecified atom stereocenters. The Balaban J connectivity index is 4.07. The fourth-order valence-electron chi connectivity index (χ4n) is 1.47. The standard InChI is InChI=1S/C11H21NO6S/c1-8(11(14)15)5-4-6-9(2)12-19(16,17)7-10(13)18-3/h8-9,12H,4-7H2,1-3H3,(H,14,15). The average Bonchev–Trinajstić information content (AvgIpc) is 2.26. The highest BCUT2D eigenvalue weighted by atomic mass is 32.2. The number of carboxylic acids is 1. The molecule has 0 aromatic heterocycles. The molecule has 0 spiro atoms. The van der Waals surface area contributed by atoms with E-state index in [1.807, 2.05) is 0 Å². The minimum atomic E-state index is -3.70. The number of methoxy groups -OCH3 is 1. The summed E-state index contributed by atoms with van der Waals surface area (Å²) >= 11 is 0. The largest absolute Gasteiger partial charge is 0.481 e. The molecule has 0 saturated heterocycles. The molecule has 0 aromatic rings. The lowest BCUT2D eigenvalue weighted by Gasteiger charge is -2.14. The Labute approximate surface area is 113 Å². The molecule has 112 valence electrons. The van der Waals surface area contributed by atoms with Crippen LogP contribution in [0.2, 0.25) is 0 Å². The predicted molar refractivity (Wildman–Crippen MR) is 69.1 cm³/mol. The topological polar surface area (TPSA) is 110 Å². The van der Waals surface area contributed by atoms with E-state index < -0.39 is 33.6 Å². The molecular formula is C11H21NO6S. The molecule has 0 bridgehead atoms. The summed E-state index contributed by atoms with van der Waals surface area (Å²) in [7, 11) is -2.58. The summed E-state index contributed by atoms with van der Waals surface area (Å²) in [5, 5.41) is 8.70. The first-order chi connectivity index (χ1) is 8.68. The molecule has 8 heteroatoms. The number of ether oxygens (including phenoxy) is 1. The van der Waals surface area contributed by atoms with Crippen molar-refractivity contribution in [2.75, 3.05) is 12.9 Å². The van der Waals surface area contributed by atoms with Crippen molar-refractivity contribution in [3.8, 4) is 0 Å². The SMILES string of the molecule is COC(=O)CS(=O)(=O)NC(C)CCCC(C)C(=O)O. The highest BCUT2D eigenvalue weighted by Gasteiger charge is 2.19. The van der Waals surface area contributed by atoms with Crippen molar-refractivity contribution in [3.05, 3.63) is 0 Å². The van der Waals surface area contributed by atoms with Gasteiger partial charge in [0.2, 0.25) is 10.0 Å². The number of hydrogen-bond acceptors (Lipinski definition) is 5. The number of sulfonamides is 1. The number of nitrogens with one attached hydrogen (secondary N) is 1. The molecule has 0 heterocycles. The molecular weight excluding hydrogens is 274 g/mol. The van der Waals surface area contributed by atoms with Crippen LogP contribution in [0, 0.1) is 5.92 Å². The summed E-state index contributed by atoms with van der Waals surface area (Å²) in [6, 6.07) is -0.351. The Morgan fingerprint density at radius 2 is 1.84 bits per heavy atom. The third-order valence-electron chi connectivity index (χ3n) is 2.61. The highest BCUT2D eigenvalue weighted by Crippen LogP contribution is 2.10. The molecule has 19 heavy (non-hydrogen) atoms. The molecule has 0 aliphatic rings. The van der Waals surface area contributed by atoms with E-state index in [9.17, 15) is 18.0 Å². The van der Waals surface area contributed by atoms with Crippen LogP contribution in [0.1, 0.15) is 33.1 Å². The van der Waals surface area contributed by atoms with Gasteiger partial charge in [-0.15, -0.1) is 0 Å². The van der Waals surface area contributed by atoms with E-state index in [1.54, 1.807) is 13.8 Å². The smallest absolute Gasteiger partial charge is 0.322 e. The van der Waals surface area contributed by atoms with Gasteiger partial charge in [-0.05, 0) is 19.8 Å². The Hall–Kier alpha value is -1.15. The zero-order valence-electron chi connectivity index (χ0n) is 11.4. The van der Waals surface area contributed by atoms with Gasteiger partial charge in [0, 0.05) is 6.04 Å². The lowest BCUT2D eigenvalue weighted by atomic mass is 10.0. The van der Waals surface area contributed by atoms with Gasteiger partial charge in [-0.2, -0.15) is 0 Å². The summed E-state index contributed by atoms with van der Waals surface area (Å²) in [6.45, 7) is 3.27. The molecule has 2 atom stereocenters. The zero-order chi connectivity index (χ0) is 15.1. The van der Waals surface area contributed by atoms with Crippen LogP contribution < -0.4 is 4.72 Å². The molecule has 0 aromatic carbocycles. The summed E-state index contributed by atoms with van der Waals surface area (Å²) in [4.78, 5) is 21.5. The van der Waals surface area contributed by atoms with Gasteiger partial charge in [-0.3, -0.25) is 9.59 Å². The van der Waals surface area contributed by atoms with E-state index in [4.69, 9.17) is 5.11 Å². The molecule has 0 amide bonds. The van der Waals surface area contributed by atoms with Crippen molar-refractivity contribution >= 4 is 22.0 Å². The quantitative estimate of drug-likeness (QED) is 0.594. The third-order valence-corrected chi connectivity index (χ3v) is 3.99. The van der Waals surface area contributed by atoms with Crippen molar-refractivity contribution in [3.63, 3.8) is 0 Å². The molecule has 0 fully saturated rings. The highest BCUT2D eigenvalue weighted by molar-refractivity contribution is 7.90. The molecule has 0 rings (SSSR count). The monoisotopic (exact) mass is 295 g/mol. The lowest BCUT2D eigenvalue weighted by Crippen LogP contribution is -2.36. The van der Waals surface area contributed by atoms with Gasteiger partial charge >= 0.3 is 11.9 Å². The van der Waals surface area contributed by atoms with Crippen molar-refractivity contribution in [1.82, 2.24) is 4.72 Å². The summed E-state index contributed by atoms with van der Waals surface area (Å²) in [5.41, 5.74) is 0. The van der Waals surface area contributed by atoms with Gasteiger partial charge in [-0.25, -0.2) is 13.1 Å². The van der Waals surface area contributed by atoms with Crippen LogP contribution in [0.15, 0.2) is 0 Å². The fraction of sp³-hybridized carbons (Fsp3) is 0.818. The molecule has 0 aliphatic heterocycles. The van der Waals surface area contributed by atoms with E-state index in [0.717, 1.165) is 7.11 Å². The molecule has 2 N–H and O–H groups in total. The Bertz CT molecular complexity index is 405. The minimum absolute atomic E-state index is 0.351. The maximum atomic E-state index is 11.5. The minimum Gasteiger partial charge on any atom is -0.481 e. The van der Waals surface area contributed by atoms with Gasteiger partial charge in [0.1, 0.15) is 0 Å². The second kappa shape index (κ2) is 8.11. The van der Waals surface area contributed by atoms with Gasteiger partial charge < -0.3 is 9.84 Å². The summed E-state index contributed by atoms with van der Waals surface area (Å²) in [6.07, 6.45) is 1.59. The summed E-state index contributed by atoms with van der Waals surface area (Å²) < 4.78 is 29.7. The van der Waals surface area contributed by atoms with Gasteiger partial charge in [0.25, 0.3) is 0 Å². The Kier molecular flexibility index (Phi) is 7.62. The first-order valence-electron chi connectivity index (χ1n) is 5.97. The van der Waals surface area contributed by atoms with Crippen LogP contribution >= 0.6 is 0 Å². The van der Waals surface area contributed by atoms with Crippen molar-refractivity contribution in [1.29, 1.82) is 0 Å². The number of carbonyl (C=O) groups is 2. The van der Waals surface area contributed by atoms with Crippen LogP contribution in [-0.4, -0.2) is 44.4 Å². The number of esters is 1. The van der Waals surface area contributed by atoms with Crippen LogP contribution in [0.4, 0.5) is 0 Å². The van der Waals surface area contributed by atoms with Gasteiger partial charge in [-0.1, -0.05) is 13.3 Å². The van der Waals surface area contributed by atoms with E-state index in [0.29, 0.717) is 19.3 Å². The number of rotatable bonds is 9. The second-order valence-corrected chi connectivity index (χ2v) is 6.28. The Morgan fingerprint density at radius 1 is 1.26 bits per heavy atom. The van der Waals surface area contributed by atoms with Crippen molar-refractivity contribution in [2.45, 2.75) is 39.2 Å². The van der Waals surface area contributed by atoms with Crippen LogP contribution in [0.25, 0.3) is 0 Å². The normalized spacial score (nSPS) is 14.7. The van der Waals surface area contributed by atoms with E-state index in [-0.39, 0.29) is 6.04 Å². The molecule has 0 saturated carbocycles. The first kappa shape index (κ1) is 17.8. The van der Waals surface area contributed by atoms with Gasteiger partial charge in [0.05, 0.1) is 13.0 Å². The van der Waals surface area contributed by atoms with Crippen LogP contribution in [0.5, 0.6) is 0 Å². The lowest BCUT2D eigenvalue weighted by molar-refractivity contribution is -0.141. The fourth-order valence-corrected chi connectivity index (χ4v) is 2.72. The molecule has 0 aliphatic carbocycles. The molecule has 0 radical (unpaired) electrons. The van der Waals surface area contributed by atoms with Gasteiger partial charge in [0.15, 0.2) is 5.75 Å². The van der Waals surface area contributed by atoms with Crippen LogP contribution in [0.3, 0.4) is 0 Å². The number of hydrogen-bond donors (Lipinski definition) is 2. The van der Waals surface area contributed by atoms with Crippen molar-refractivity contribution < 1.29 is 27.9 Å². The summed E-state index contributed by atoms with van der Waals surface area (Å²) in [5.74, 6) is -2.84. The van der Waals surface area contributed by atoms with E-state index >= 15 is 0 Å². The predicted octanol–water partition coefficient (Wildman–Crippen LogP) is 0.358. The first-order valence-corrected chi connectivity index (χ1v) is 7.62. The maximum Gasteiger partial charge on any atom is 0.322 e. The second-order valence-electron chi connectivity index (χ2n) is 4.52. The van der Waals surface area contributed by atoms with E-state index in [1.165, 1.54) is 0 Å². The average molecular weight is 295 g/mol. The number of carbonyl (C=O) groups excluding carboxylic acids is 1. The Morgan fingerprint density at radius 3 is 2.32 bits per heavy atom. The van der Waals surface area contributed by atoms with Crippen molar-refractivity contribution in [2.24, 2.45) is 5.92 Å². The zero-order valence-corrected chi connectivity index (χ0v) is 12.2. The number of carboxylic acid groups (broad SMARTS) is 1. The van der Waals surface area contributed by atoms with E-state index in [2.05, 4.69) is 9.46 Å².